The Morgan fingerprint density at radius 1 is 1.11 bits per heavy atom. The van der Waals surface area contributed by atoms with E-state index in [1.54, 1.807) is 74.5 Å². The summed E-state index contributed by atoms with van der Waals surface area (Å²) in [6.45, 7) is 3.67. The smallest absolute Gasteiger partial charge is 0.338 e. The zero-order chi connectivity index (χ0) is 26.3. The molecule has 0 bridgehead atoms. The fourth-order valence-electron chi connectivity index (χ4n) is 4.14. The molecule has 0 spiro atoms. The third kappa shape index (κ3) is 4.92. The number of allylic oxidation sites excluding steroid dienone is 1. The minimum atomic E-state index is -0.716. The van der Waals surface area contributed by atoms with Crippen LogP contribution in [-0.2, 0) is 9.53 Å². The predicted molar refractivity (Wildman–Crippen MR) is 146 cm³/mol. The molecule has 3 heterocycles. The third-order valence-corrected chi connectivity index (χ3v) is 7.60. The lowest BCUT2D eigenvalue weighted by molar-refractivity contribution is -0.139. The first kappa shape index (κ1) is 25.5. The monoisotopic (exact) mass is 572 g/mol. The summed E-state index contributed by atoms with van der Waals surface area (Å²) in [7, 11) is 0. The van der Waals surface area contributed by atoms with Crippen LogP contribution < -0.4 is 14.9 Å². The van der Waals surface area contributed by atoms with Gasteiger partial charge in [-0.25, -0.2) is 9.79 Å². The lowest BCUT2D eigenvalue weighted by Gasteiger charge is -2.24. The van der Waals surface area contributed by atoms with Crippen molar-refractivity contribution in [3.63, 3.8) is 0 Å². The minimum absolute atomic E-state index is 0.199. The second-order valence-electron chi connectivity index (χ2n) is 8.18. The Morgan fingerprint density at radius 3 is 2.57 bits per heavy atom. The summed E-state index contributed by atoms with van der Waals surface area (Å²) in [4.78, 5) is 31.7. The number of nitrogens with zero attached hydrogens (tertiary/aromatic N) is 2. The SMILES string of the molecule is CCOC(=O)C1=C(C)N=c2s/c(=C\c3ccc(-c4cc(Cl)ccc4Cl)o3)c(=O)n2C1c1ccc(Cl)cc1. The second kappa shape index (κ2) is 10.3. The highest BCUT2D eigenvalue weighted by Gasteiger charge is 2.33. The van der Waals surface area contributed by atoms with Gasteiger partial charge in [-0.1, -0.05) is 58.3 Å². The molecule has 1 aliphatic rings. The number of ether oxygens (including phenoxy) is 1. The molecule has 10 heteroatoms. The number of halogens is 3. The Balaban J connectivity index is 1.64. The van der Waals surface area contributed by atoms with E-state index in [-0.39, 0.29) is 12.2 Å². The highest BCUT2D eigenvalue weighted by molar-refractivity contribution is 7.07. The van der Waals surface area contributed by atoms with E-state index in [9.17, 15) is 9.59 Å². The van der Waals surface area contributed by atoms with Crippen LogP contribution in [0.1, 0.15) is 31.2 Å². The summed E-state index contributed by atoms with van der Waals surface area (Å²) in [6, 6.07) is 14.9. The van der Waals surface area contributed by atoms with Gasteiger partial charge < -0.3 is 9.15 Å². The van der Waals surface area contributed by atoms with Gasteiger partial charge in [0, 0.05) is 21.7 Å². The maximum absolute atomic E-state index is 13.7. The number of aromatic nitrogens is 1. The highest BCUT2D eigenvalue weighted by atomic mass is 35.5. The first-order valence-corrected chi connectivity index (χ1v) is 13.2. The number of hydrogen-bond donors (Lipinski definition) is 0. The van der Waals surface area contributed by atoms with Gasteiger partial charge in [0.2, 0.25) is 0 Å². The van der Waals surface area contributed by atoms with E-state index in [2.05, 4.69) is 4.99 Å². The Kier molecular flexibility index (Phi) is 7.14. The Labute approximate surface area is 230 Å². The van der Waals surface area contributed by atoms with Crippen molar-refractivity contribution >= 4 is 58.2 Å². The number of carbonyl (C=O) groups excluding carboxylic acids is 1. The van der Waals surface area contributed by atoms with Gasteiger partial charge in [-0.3, -0.25) is 9.36 Å². The van der Waals surface area contributed by atoms with Gasteiger partial charge in [-0.2, -0.15) is 0 Å². The quantitative estimate of drug-likeness (QED) is 0.274. The number of esters is 1. The molecule has 2 aromatic carbocycles. The lowest BCUT2D eigenvalue weighted by atomic mass is 9.96. The first-order valence-electron chi connectivity index (χ1n) is 11.3. The van der Waals surface area contributed by atoms with E-state index in [4.69, 9.17) is 44.0 Å². The van der Waals surface area contributed by atoms with Crippen LogP contribution in [0.4, 0.5) is 0 Å². The van der Waals surface area contributed by atoms with Crippen molar-refractivity contribution in [2.75, 3.05) is 6.61 Å². The van der Waals surface area contributed by atoms with Crippen molar-refractivity contribution < 1.29 is 13.9 Å². The van der Waals surface area contributed by atoms with E-state index < -0.39 is 12.0 Å². The largest absolute Gasteiger partial charge is 0.463 e. The van der Waals surface area contributed by atoms with E-state index in [0.717, 1.165) is 0 Å². The molecule has 0 saturated heterocycles. The fourth-order valence-corrected chi connectivity index (χ4v) is 5.68. The number of rotatable bonds is 5. The maximum atomic E-state index is 13.7. The normalized spacial score (nSPS) is 15.5. The van der Waals surface area contributed by atoms with Crippen molar-refractivity contribution in [3.8, 4) is 11.3 Å². The number of benzene rings is 2. The number of fused-ring (bicyclic) bond motifs is 1. The van der Waals surface area contributed by atoms with Crippen LogP contribution >= 0.6 is 46.1 Å². The topological polar surface area (TPSA) is 73.8 Å². The van der Waals surface area contributed by atoms with E-state index >= 15 is 0 Å². The highest BCUT2D eigenvalue weighted by Crippen LogP contribution is 2.33. The van der Waals surface area contributed by atoms with Gasteiger partial charge in [0.15, 0.2) is 4.80 Å². The van der Waals surface area contributed by atoms with Gasteiger partial charge in [0.1, 0.15) is 11.5 Å². The molecule has 0 fully saturated rings. The molecule has 6 nitrogen and oxygen atoms in total. The number of carbonyl (C=O) groups is 1. The van der Waals surface area contributed by atoms with Crippen molar-refractivity contribution in [1.82, 2.24) is 4.57 Å². The molecular weight excluding hydrogens is 555 g/mol. The standard InChI is InChI=1S/C27H19Cl3N2O4S/c1-3-35-26(34)23-14(2)31-27-32(24(23)15-4-6-16(28)7-5-15)25(33)22(37-27)13-18-9-11-21(36-18)19-12-17(29)8-10-20(19)30/h4-13,24H,3H2,1-2H3/b22-13-. The van der Waals surface area contributed by atoms with Crippen molar-refractivity contribution in [2.45, 2.75) is 19.9 Å². The molecule has 1 aliphatic heterocycles. The minimum Gasteiger partial charge on any atom is -0.463 e. The van der Waals surface area contributed by atoms with Crippen molar-refractivity contribution in [2.24, 2.45) is 4.99 Å². The van der Waals surface area contributed by atoms with Crippen LogP contribution in [0.2, 0.25) is 15.1 Å². The molecule has 0 N–H and O–H groups in total. The van der Waals surface area contributed by atoms with Crippen molar-refractivity contribution in [1.29, 1.82) is 0 Å². The average molecular weight is 574 g/mol. The molecule has 37 heavy (non-hydrogen) atoms. The molecule has 0 saturated carbocycles. The number of hydrogen-bond acceptors (Lipinski definition) is 6. The molecule has 1 unspecified atom stereocenters. The van der Waals surface area contributed by atoms with Crippen LogP contribution in [-0.4, -0.2) is 17.1 Å². The summed E-state index contributed by atoms with van der Waals surface area (Å²) < 4.78 is 13.2. The molecule has 0 radical (unpaired) electrons. The molecule has 4 aromatic rings. The van der Waals surface area contributed by atoms with Gasteiger partial charge >= 0.3 is 5.97 Å². The van der Waals surface area contributed by atoms with Crippen LogP contribution in [0.3, 0.4) is 0 Å². The average Bonchev–Trinajstić information content (AvgIpc) is 3.45. The van der Waals surface area contributed by atoms with Gasteiger partial charge in [-0.05, 0) is 61.9 Å². The van der Waals surface area contributed by atoms with Crippen LogP contribution in [0.25, 0.3) is 17.4 Å². The zero-order valence-electron chi connectivity index (χ0n) is 19.6. The summed E-state index contributed by atoms with van der Waals surface area (Å²) in [6.07, 6.45) is 1.65. The van der Waals surface area contributed by atoms with Crippen LogP contribution in [0, 0.1) is 0 Å². The Bertz CT molecular complexity index is 1730. The predicted octanol–water partition coefficient (Wildman–Crippen LogP) is 6.02. The molecule has 0 aliphatic carbocycles. The van der Waals surface area contributed by atoms with E-state index in [1.807, 2.05) is 0 Å². The second-order valence-corrected chi connectivity index (χ2v) is 10.5. The fraction of sp³-hybridized carbons (Fsp3) is 0.148. The molecular formula is C27H19Cl3N2O4S. The molecule has 2 aromatic heterocycles. The van der Waals surface area contributed by atoms with Crippen LogP contribution in [0.15, 0.2) is 80.1 Å². The van der Waals surface area contributed by atoms with Crippen molar-refractivity contribution in [3.05, 3.63) is 112 Å². The molecule has 1 atom stereocenters. The van der Waals surface area contributed by atoms with Gasteiger partial charge in [0.05, 0.1) is 33.5 Å². The summed E-state index contributed by atoms with van der Waals surface area (Å²) in [5, 5.41) is 1.57. The lowest BCUT2D eigenvalue weighted by Crippen LogP contribution is -2.39. The summed E-state index contributed by atoms with van der Waals surface area (Å²) >= 11 is 19.7. The Hall–Kier alpha value is -3.10. The summed E-state index contributed by atoms with van der Waals surface area (Å²) in [5.74, 6) is 0.457. The molecule has 188 valence electrons. The van der Waals surface area contributed by atoms with Crippen LogP contribution in [0.5, 0.6) is 0 Å². The van der Waals surface area contributed by atoms with E-state index in [1.165, 1.54) is 15.9 Å². The third-order valence-electron chi connectivity index (χ3n) is 5.80. The number of furan rings is 1. The maximum Gasteiger partial charge on any atom is 0.338 e. The molecule has 5 rings (SSSR count). The first-order chi connectivity index (χ1) is 17.8. The number of thiazole rings is 1. The van der Waals surface area contributed by atoms with Gasteiger partial charge in [0.25, 0.3) is 5.56 Å². The Morgan fingerprint density at radius 2 is 1.84 bits per heavy atom. The van der Waals surface area contributed by atoms with E-state index in [0.29, 0.717) is 58.3 Å². The van der Waals surface area contributed by atoms with Gasteiger partial charge in [-0.15, -0.1) is 0 Å². The molecule has 0 amide bonds. The zero-order valence-corrected chi connectivity index (χ0v) is 22.7. The summed E-state index contributed by atoms with van der Waals surface area (Å²) in [5.41, 5.74) is 1.84.